The SMILES string of the molecule is Cc1cc(C)n(CCCNC(=O)CC(CC(=O)O)c2cccs2)n1. The fraction of sp³-hybridized carbons (Fsp3) is 0.471. The predicted molar refractivity (Wildman–Crippen MR) is 93.3 cm³/mol. The third kappa shape index (κ3) is 5.49. The van der Waals surface area contributed by atoms with Gasteiger partial charge in [-0.05, 0) is 37.8 Å². The largest absolute Gasteiger partial charge is 0.481 e. The van der Waals surface area contributed by atoms with Gasteiger partial charge in [-0.15, -0.1) is 11.3 Å². The molecular formula is C17H23N3O3S. The average molecular weight is 349 g/mol. The molecule has 0 spiro atoms. The van der Waals surface area contributed by atoms with Crippen molar-refractivity contribution in [3.05, 3.63) is 39.8 Å². The lowest BCUT2D eigenvalue weighted by Gasteiger charge is -2.13. The lowest BCUT2D eigenvalue weighted by molar-refractivity contribution is -0.137. The second-order valence-electron chi connectivity index (χ2n) is 5.87. The van der Waals surface area contributed by atoms with Crippen LogP contribution < -0.4 is 5.32 Å². The minimum Gasteiger partial charge on any atom is -0.481 e. The number of aromatic nitrogens is 2. The molecule has 2 heterocycles. The van der Waals surface area contributed by atoms with Gasteiger partial charge in [-0.2, -0.15) is 5.10 Å². The number of rotatable bonds is 9. The summed E-state index contributed by atoms with van der Waals surface area (Å²) in [4.78, 5) is 24.0. The Morgan fingerprint density at radius 2 is 2.17 bits per heavy atom. The van der Waals surface area contributed by atoms with Crippen molar-refractivity contribution in [2.24, 2.45) is 0 Å². The van der Waals surface area contributed by atoms with E-state index >= 15 is 0 Å². The molecule has 6 nitrogen and oxygen atoms in total. The number of carboxylic acids is 1. The zero-order valence-corrected chi connectivity index (χ0v) is 14.8. The number of nitrogens with zero attached hydrogens (tertiary/aromatic N) is 2. The molecular weight excluding hydrogens is 326 g/mol. The molecule has 2 rings (SSSR count). The third-order valence-corrected chi connectivity index (χ3v) is 4.81. The summed E-state index contributed by atoms with van der Waals surface area (Å²) in [5.41, 5.74) is 2.10. The van der Waals surface area contributed by atoms with Crippen LogP contribution in [-0.4, -0.2) is 33.3 Å². The van der Waals surface area contributed by atoms with E-state index in [9.17, 15) is 9.59 Å². The maximum atomic E-state index is 12.1. The first-order valence-corrected chi connectivity index (χ1v) is 8.86. The van der Waals surface area contributed by atoms with Gasteiger partial charge in [0.15, 0.2) is 0 Å². The maximum Gasteiger partial charge on any atom is 0.304 e. The Labute approximate surface area is 145 Å². The molecule has 2 N–H and O–H groups in total. The van der Waals surface area contributed by atoms with Crippen molar-refractivity contribution in [1.29, 1.82) is 0 Å². The third-order valence-electron chi connectivity index (χ3n) is 3.77. The molecule has 1 amide bonds. The van der Waals surface area contributed by atoms with E-state index in [-0.39, 0.29) is 24.7 Å². The van der Waals surface area contributed by atoms with Crippen LogP contribution in [0.2, 0.25) is 0 Å². The number of aliphatic carboxylic acids is 1. The van der Waals surface area contributed by atoms with Crippen LogP contribution in [0.3, 0.4) is 0 Å². The summed E-state index contributed by atoms with van der Waals surface area (Å²) in [6.45, 7) is 5.28. The van der Waals surface area contributed by atoms with E-state index in [0.29, 0.717) is 6.54 Å². The van der Waals surface area contributed by atoms with Crippen LogP contribution in [0.25, 0.3) is 0 Å². The van der Waals surface area contributed by atoms with Crippen molar-refractivity contribution in [2.75, 3.05) is 6.54 Å². The molecule has 0 radical (unpaired) electrons. The van der Waals surface area contributed by atoms with Crippen LogP contribution >= 0.6 is 11.3 Å². The fourth-order valence-corrected chi connectivity index (χ4v) is 3.49. The van der Waals surface area contributed by atoms with Gasteiger partial charge in [-0.1, -0.05) is 6.07 Å². The van der Waals surface area contributed by atoms with Crippen LogP contribution in [0.1, 0.15) is 41.4 Å². The Kier molecular flexibility index (Phi) is 6.54. The molecule has 130 valence electrons. The standard InChI is InChI=1S/C17H23N3O3S/c1-12-9-13(2)20(19-12)7-4-6-18-16(21)10-14(11-17(22)23)15-5-3-8-24-15/h3,5,8-9,14H,4,6-7,10-11H2,1-2H3,(H,18,21)(H,22,23). The Morgan fingerprint density at radius 3 is 2.75 bits per heavy atom. The normalized spacial score (nSPS) is 12.1. The van der Waals surface area contributed by atoms with E-state index in [2.05, 4.69) is 10.4 Å². The van der Waals surface area contributed by atoms with E-state index in [1.165, 1.54) is 11.3 Å². The number of hydrogen-bond donors (Lipinski definition) is 2. The van der Waals surface area contributed by atoms with Crippen molar-refractivity contribution in [3.63, 3.8) is 0 Å². The number of aryl methyl sites for hydroxylation is 3. The molecule has 2 aromatic heterocycles. The first kappa shape index (κ1) is 18.2. The monoisotopic (exact) mass is 349 g/mol. The lowest BCUT2D eigenvalue weighted by Crippen LogP contribution is -2.27. The summed E-state index contributed by atoms with van der Waals surface area (Å²) in [6.07, 6.45) is 0.961. The van der Waals surface area contributed by atoms with Gasteiger partial charge in [-0.3, -0.25) is 14.3 Å². The topological polar surface area (TPSA) is 84.2 Å². The maximum absolute atomic E-state index is 12.1. The van der Waals surface area contributed by atoms with Crippen LogP contribution in [0.5, 0.6) is 0 Å². The summed E-state index contributed by atoms with van der Waals surface area (Å²) in [5.74, 6) is -1.26. The van der Waals surface area contributed by atoms with Crippen LogP contribution in [0.4, 0.5) is 0 Å². The highest BCUT2D eigenvalue weighted by atomic mass is 32.1. The van der Waals surface area contributed by atoms with Gasteiger partial charge in [0.2, 0.25) is 5.91 Å². The number of carboxylic acid groups (broad SMARTS) is 1. The van der Waals surface area contributed by atoms with E-state index in [1.807, 2.05) is 42.1 Å². The van der Waals surface area contributed by atoms with Gasteiger partial charge in [0.25, 0.3) is 0 Å². The quantitative estimate of drug-likeness (QED) is 0.682. The molecule has 1 unspecified atom stereocenters. The molecule has 2 aromatic rings. The van der Waals surface area contributed by atoms with Crippen molar-refractivity contribution in [3.8, 4) is 0 Å². The molecule has 0 saturated heterocycles. The van der Waals surface area contributed by atoms with Crippen molar-refractivity contribution < 1.29 is 14.7 Å². The van der Waals surface area contributed by atoms with E-state index in [1.54, 1.807) is 0 Å². The molecule has 24 heavy (non-hydrogen) atoms. The van der Waals surface area contributed by atoms with Gasteiger partial charge in [-0.25, -0.2) is 0 Å². The molecule has 0 bridgehead atoms. The van der Waals surface area contributed by atoms with Crippen LogP contribution in [0, 0.1) is 13.8 Å². The van der Waals surface area contributed by atoms with Gasteiger partial charge < -0.3 is 10.4 Å². The van der Waals surface area contributed by atoms with Gasteiger partial charge in [0.1, 0.15) is 0 Å². The van der Waals surface area contributed by atoms with Crippen LogP contribution in [0.15, 0.2) is 23.6 Å². The minimum absolute atomic E-state index is 0.0281. The summed E-state index contributed by atoms with van der Waals surface area (Å²) in [5, 5.41) is 18.2. The molecule has 0 fully saturated rings. The van der Waals surface area contributed by atoms with Gasteiger partial charge in [0, 0.05) is 36.0 Å². The van der Waals surface area contributed by atoms with Crippen molar-refractivity contribution >= 4 is 23.2 Å². The van der Waals surface area contributed by atoms with Crippen molar-refractivity contribution in [2.45, 2.75) is 45.6 Å². The number of thiophene rings is 1. The zero-order valence-electron chi connectivity index (χ0n) is 14.0. The zero-order chi connectivity index (χ0) is 17.5. The molecule has 0 saturated carbocycles. The highest BCUT2D eigenvalue weighted by Gasteiger charge is 2.20. The summed E-state index contributed by atoms with van der Waals surface area (Å²) >= 11 is 1.49. The molecule has 1 atom stereocenters. The average Bonchev–Trinajstić information content (AvgIpc) is 3.12. The Bertz CT molecular complexity index is 679. The van der Waals surface area contributed by atoms with Gasteiger partial charge in [0.05, 0.1) is 12.1 Å². The predicted octanol–water partition coefficient (Wildman–Crippen LogP) is 2.72. The number of nitrogens with one attached hydrogen (secondary N) is 1. The summed E-state index contributed by atoms with van der Waals surface area (Å²) < 4.78 is 1.93. The molecule has 0 aliphatic carbocycles. The second-order valence-corrected chi connectivity index (χ2v) is 6.85. The fourth-order valence-electron chi connectivity index (χ4n) is 2.66. The lowest BCUT2D eigenvalue weighted by atomic mass is 9.99. The minimum atomic E-state index is -0.884. The number of carbonyl (C=O) groups excluding carboxylic acids is 1. The highest BCUT2D eigenvalue weighted by Crippen LogP contribution is 2.27. The molecule has 0 aliphatic heterocycles. The van der Waals surface area contributed by atoms with E-state index in [4.69, 9.17) is 5.11 Å². The van der Waals surface area contributed by atoms with E-state index < -0.39 is 5.97 Å². The summed E-state index contributed by atoms with van der Waals surface area (Å²) in [6, 6.07) is 5.78. The first-order valence-electron chi connectivity index (χ1n) is 7.98. The summed E-state index contributed by atoms with van der Waals surface area (Å²) in [7, 11) is 0. The number of carbonyl (C=O) groups is 2. The van der Waals surface area contributed by atoms with Crippen LogP contribution in [-0.2, 0) is 16.1 Å². The highest BCUT2D eigenvalue weighted by molar-refractivity contribution is 7.10. The number of hydrogen-bond acceptors (Lipinski definition) is 4. The smallest absolute Gasteiger partial charge is 0.304 e. The number of amides is 1. The van der Waals surface area contributed by atoms with Crippen molar-refractivity contribution in [1.82, 2.24) is 15.1 Å². The second kappa shape index (κ2) is 8.63. The Balaban J connectivity index is 1.77. The van der Waals surface area contributed by atoms with E-state index in [0.717, 1.165) is 29.2 Å². The first-order chi connectivity index (χ1) is 11.5. The molecule has 0 aromatic carbocycles. The Hall–Kier alpha value is -2.15. The molecule has 0 aliphatic rings. The molecule has 7 heteroatoms. The Morgan fingerprint density at radius 1 is 1.38 bits per heavy atom. The van der Waals surface area contributed by atoms with Gasteiger partial charge >= 0.3 is 5.97 Å².